The molecule has 26 heavy (non-hydrogen) atoms. The van der Waals surface area contributed by atoms with Crippen molar-refractivity contribution in [2.75, 3.05) is 48.4 Å². The highest BCUT2D eigenvalue weighted by atomic mass is 35.5. The second-order valence-corrected chi connectivity index (χ2v) is 6.50. The van der Waals surface area contributed by atoms with Crippen LogP contribution in [0.1, 0.15) is 25.7 Å². The van der Waals surface area contributed by atoms with Gasteiger partial charge in [-0.1, -0.05) is 0 Å². The van der Waals surface area contributed by atoms with Crippen LogP contribution in [0.25, 0.3) is 0 Å². The van der Waals surface area contributed by atoms with Gasteiger partial charge in [-0.2, -0.15) is 15.0 Å². The van der Waals surface area contributed by atoms with Crippen LogP contribution in [-0.2, 0) is 0 Å². The molecule has 0 bridgehead atoms. The van der Waals surface area contributed by atoms with Gasteiger partial charge in [0.25, 0.3) is 0 Å². The minimum absolute atomic E-state index is 0. The van der Waals surface area contributed by atoms with Gasteiger partial charge in [0.1, 0.15) is 5.75 Å². The maximum absolute atomic E-state index is 5.21. The van der Waals surface area contributed by atoms with Gasteiger partial charge in [-0.25, -0.2) is 0 Å². The van der Waals surface area contributed by atoms with Crippen LogP contribution in [0.3, 0.4) is 0 Å². The molecular weight excluding hydrogens is 352 g/mol. The number of ether oxygens (including phenoxy) is 1. The molecule has 0 atom stereocenters. The van der Waals surface area contributed by atoms with E-state index in [1.165, 1.54) is 25.7 Å². The van der Waals surface area contributed by atoms with E-state index in [1.54, 1.807) is 7.11 Å². The molecule has 2 fully saturated rings. The normalized spacial score (nSPS) is 16.5. The number of nitrogens with one attached hydrogen (secondary N) is 1. The summed E-state index contributed by atoms with van der Waals surface area (Å²) in [7, 11) is 1.67. The number of hydrogen-bond acceptors (Lipinski definition) is 7. The molecule has 3 heterocycles. The third kappa shape index (κ3) is 4.09. The second kappa shape index (κ2) is 8.40. The van der Waals surface area contributed by atoms with Crippen LogP contribution in [0, 0.1) is 0 Å². The third-order valence-corrected chi connectivity index (χ3v) is 4.74. The molecule has 2 aliphatic rings. The summed E-state index contributed by atoms with van der Waals surface area (Å²) < 4.78 is 5.21. The third-order valence-electron chi connectivity index (χ3n) is 4.74. The van der Waals surface area contributed by atoms with E-state index in [0.29, 0.717) is 5.95 Å². The van der Waals surface area contributed by atoms with Gasteiger partial charge in [-0.05, 0) is 49.9 Å². The molecule has 2 saturated heterocycles. The Kier molecular flexibility index (Phi) is 5.98. The number of halogens is 1. The smallest absolute Gasteiger partial charge is 0.233 e. The average molecular weight is 377 g/mol. The Morgan fingerprint density at radius 1 is 0.808 bits per heavy atom. The number of rotatable bonds is 5. The van der Waals surface area contributed by atoms with Crippen molar-refractivity contribution < 1.29 is 4.74 Å². The van der Waals surface area contributed by atoms with Gasteiger partial charge >= 0.3 is 0 Å². The molecule has 4 rings (SSSR count). The molecule has 0 spiro atoms. The van der Waals surface area contributed by atoms with E-state index in [-0.39, 0.29) is 12.4 Å². The number of aromatic nitrogens is 3. The standard InChI is InChI=1S/C18H24N6O.ClH/c1-25-15-8-6-14(7-9-15)19-16-20-17(23-10-2-3-11-23)22-18(21-16)24-12-4-5-13-24;/h6-9H,2-5,10-13H2,1H3,(H,19,20,21,22);1H. The zero-order valence-electron chi connectivity index (χ0n) is 15.0. The largest absolute Gasteiger partial charge is 0.497 e. The van der Waals surface area contributed by atoms with Crippen LogP contribution < -0.4 is 19.9 Å². The van der Waals surface area contributed by atoms with Crippen LogP contribution in [0.2, 0.25) is 0 Å². The Labute approximate surface area is 160 Å². The van der Waals surface area contributed by atoms with Crippen molar-refractivity contribution in [3.8, 4) is 5.75 Å². The predicted octanol–water partition coefficient (Wildman–Crippen LogP) is 3.25. The summed E-state index contributed by atoms with van der Waals surface area (Å²) >= 11 is 0. The molecule has 7 nitrogen and oxygen atoms in total. The highest BCUT2D eigenvalue weighted by Gasteiger charge is 2.21. The summed E-state index contributed by atoms with van der Waals surface area (Å²) in [6.07, 6.45) is 4.80. The first-order valence-corrected chi connectivity index (χ1v) is 8.99. The number of anilines is 4. The fourth-order valence-electron chi connectivity index (χ4n) is 3.33. The maximum atomic E-state index is 5.21. The van der Waals surface area contributed by atoms with E-state index >= 15 is 0 Å². The molecule has 2 aromatic rings. The fraction of sp³-hybridized carbons (Fsp3) is 0.500. The topological polar surface area (TPSA) is 66.4 Å². The summed E-state index contributed by atoms with van der Waals surface area (Å²) in [5, 5.41) is 3.31. The molecule has 8 heteroatoms. The van der Waals surface area contributed by atoms with Crippen molar-refractivity contribution in [1.29, 1.82) is 0 Å². The first-order chi connectivity index (χ1) is 12.3. The van der Waals surface area contributed by atoms with Crippen molar-refractivity contribution in [2.45, 2.75) is 25.7 Å². The summed E-state index contributed by atoms with van der Waals surface area (Å²) in [5.74, 6) is 3.00. The fourth-order valence-corrected chi connectivity index (χ4v) is 3.33. The van der Waals surface area contributed by atoms with E-state index < -0.39 is 0 Å². The van der Waals surface area contributed by atoms with E-state index in [9.17, 15) is 0 Å². The number of methoxy groups -OCH3 is 1. The van der Waals surface area contributed by atoms with E-state index in [0.717, 1.165) is 49.5 Å². The van der Waals surface area contributed by atoms with Gasteiger partial charge in [0.15, 0.2) is 0 Å². The molecule has 1 aromatic carbocycles. The van der Waals surface area contributed by atoms with Crippen LogP contribution in [-0.4, -0.2) is 48.2 Å². The summed E-state index contributed by atoms with van der Waals surface area (Å²) in [5.41, 5.74) is 0.937. The van der Waals surface area contributed by atoms with Crippen molar-refractivity contribution in [3.05, 3.63) is 24.3 Å². The average Bonchev–Trinajstić information content (AvgIpc) is 3.36. The van der Waals surface area contributed by atoms with E-state index in [1.807, 2.05) is 24.3 Å². The first-order valence-electron chi connectivity index (χ1n) is 8.99. The van der Waals surface area contributed by atoms with Crippen LogP contribution in [0.4, 0.5) is 23.5 Å². The monoisotopic (exact) mass is 376 g/mol. The Morgan fingerprint density at radius 3 is 1.77 bits per heavy atom. The van der Waals surface area contributed by atoms with Gasteiger partial charge < -0.3 is 19.9 Å². The second-order valence-electron chi connectivity index (χ2n) is 6.50. The highest BCUT2D eigenvalue weighted by molar-refractivity contribution is 5.85. The zero-order valence-corrected chi connectivity index (χ0v) is 15.8. The van der Waals surface area contributed by atoms with Gasteiger partial charge in [-0.15, -0.1) is 12.4 Å². The Bertz CT molecular complexity index is 680. The Hall–Kier alpha value is -2.28. The summed E-state index contributed by atoms with van der Waals surface area (Å²) in [4.78, 5) is 18.6. The van der Waals surface area contributed by atoms with Gasteiger partial charge in [-0.3, -0.25) is 0 Å². The number of hydrogen-bond donors (Lipinski definition) is 1. The summed E-state index contributed by atoms with van der Waals surface area (Å²) in [6, 6.07) is 7.78. The minimum atomic E-state index is 0. The first kappa shape index (κ1) is 18.5. The Morgan fingerprint density at radius 2 is 1.31 bits per heavy atom. The lowest BCUT2D eigenvalue weighted by atomic mass is 10.3. The minimum Gasteiger partial charge on any atom is -0.497 e. The molecule has 1 N–H and O–H groups in total. The number of nitrogens with zero attached hydrogens (tertiary/aromatic N) is 5. The van der Waals surface area contributed by atoms with Crippen molar-refractivity contribution >= 4 is 35.9 Å². The Balaban J connectivity index is 0.00000196. The molecule has 0 saturated carbocycles. The van der Waals surface area contributed by atoms with E-state index in [4.69, 9.17) is 9.72 Å². The lowest BCUT2D eigenvalue weighted by Gasteiger charge is -2.20. The molecule has 1 aromatic heterocycles. The van der Waals surface area contributed by atoms with Gasteiger partial charge in [0, 0.05) is 31.9 Å². The zero-order chi connectivity index (χ0) is 17.1. The lowest BCUT2D eigenvalue weighted by molar-refractivity contribution is 0.415. The molecular formula is C18H25ClN6O. The van der Waals surface area contributed by atoms with Crippen LogP contribution in [0.5, 0.6) is 5.75 Å². The molecule has 0 amide bonds. The SMILES string of the molecule is COc1ccc(Nc2nc(N3CCCC3)nc(N3CCCC3)n2)cc1.Cl. The molecule has 0 unspecified atom stereocenters. The van der Waals surface area contributed by atoms with Crippen molar-refractivity contribution in [3.63, 3.8) is 0 Å². The van der Waals surface area contributed by atoms with Crippen molar-refractivity contribution in [2.24, 2.45) is 0 Å². The molecule has 0 aliphatic carbocycles. The lowest BCUT2D eigenvalue weighted by Crippen LogP contribution is -2.25. The quantitative estimate of drug-likeness (QED) is 0.859. The van der Waals surface area contributed by atoms with Crippen LogP contribution in [0.15, 0.2) is 24.3 Å². The molecule has 140 valence electrons. The van der Waals surface area contributed by atoms with Gasteiger partial charge in [0.2, 0.25) is 17.8 Å². The highest BCUT2D eigenvalue weighted by Crippen LogP contribution is 2.24. The van der Waals surface area contributed by atoms with Crippen LogP contribution >= 0.6 is 12.4 Å². The van der Waals surface area contributed by atoms with Crippen molar-refractivity contribution in [1.82, 2.24) is 15.0 Å². The predicted molar refractivity (Wildman–Crippen MR) is 106 cm³/mol. The number of benzene rings is 1. The molecule has 0 radical (unpaired) electrons. The van der Waals surface area contributed by atoms with Gasteiger partial charge in [0.05, 0.1) is 7.11 Å². The molecule has 2 aliphatic heterocycles. The maximum Gasteiger partial charge on any atom is 0.233 e. The summed E-state index contributed by atoms with van der Waals surface area (Å²) in [6.45, 7) is 4.08. The van der Waals surface area contributed by atoms with E-state index in [2.05, 4.69) is 25.1 Å².